The molecule has 0 radical (unpaired) electrons. The van der Waals surface area contributed by atoms with Crippen LogP contribution in [0.5, 0.6) is 0 Å². The lowest BCUT2D eigenvalue weighted by atomic mass is 9.94. The van der Waals surface area contributed by atoms with Crippen molar-refractivity contribution in [2.75, 3.05) is 13.1 Å². The minimum Gasteiger partial charge on any atom is -0.331 e. The molecule has 3 nitrogen and oxygen atoms in total. The van der Waals surface area contributed by atoms with Crippen LogP contribution in [-0.4, -0.2) is 22.6 Å². The summed E-state index contributed by atoms with van der Waals surface area (Å²) in [6.45, 7) is 2.38. The van der Waals surface area contributed by atoms with E-state index in [0.717, 1.165) is 17.9 Å². The van der Waals surface area contributed by atoms with Crippen molar-refractivity contribution in [3.8, 4) is 0 Å². The molecule has 1 saturated heterocycles. The van der Waals surface area contributed by atoms with Gasteiger partial charge in [0.1, 0.15) is 5.82 Å². The van der Waals surface area contributed by atoms with Gasteiger partial charge >= 0.3 is 0 Å². The van der Waals surface area contributed by atoms with Crippen LogP contribution in [0.4, 0.5) is 0 Å². The highest BCUT2D eigenvalue weighted by Crippen LogP contribution is 2.19. The maximum Gasteiger partial charge on any atom is 0.109 e. The van der Waals surface area contributed by atoms with Gasteiger partial charge < -0.3 is 9.88 Å². The van der Waals surface area contributed by atoms with Crippen LogP contribution in [-0.2, 0) is 13.5 Å². The van der Waals surface area contributed by atoms with Crippen LogP contribution in [0, 0.1) is 5.92 Å². The number of piperidine rings is 1. The van der Waals surface area contributed by atoms with E-state index >= 15 is 0 Å². The fourth-order valence-electron chi connectivity index (χ4n) is 2.92. The predicted molar refractivity (Wildman–Crippen MR) is 74.6 cm³/mol. The molecule has 1 N–H and O–H groups in total. The highest BCUT2D eigenvalue weighted by molar-refractivity contribution is 5.75. The molecule has 1 aliphatic rings. The molecule has 2 aromatic rings. The molecular weight excluding hydrogens is 222 g/mol. The largest absolute Gasteiger partial charge is 0.331 e. The van der Waals surface area contributed by atoms with Crippen LogP contribution in [0.2, 0.25) is 0 Å². The zero-order valence-electron chi connectivity index (χ0n) is 11.0. The Morgan fingerprint density at radius 3 is 3.06 bits per heavy atom. The van der Waals surface area contributed by atoms with Crippen LogP contribution < -0.4 is 5.32 Å². The highest BCUT2D eigenvalue weighted by Gasteiger charge is 2.14. The number of benzene rings is 1. The number of nitrogens with one attached hydrogen (secondary N) is 1. The Labute approximate surface area is 108 Å². The first kappa shape index (κ1) is 11.7. The number of rotatable bonds is 3. The molecule has 1 unspecified atom stereocenters. The lowest BCUT2D eigenvalue weighted by Crippen LogP contribution is -2.30. The maximum atomic E-state index is 4.74. The Hall–Kier alpha value is -1.35. The molecule has 0 amide bonds. The summed E-state index contributed by atoms with van der Waals surface area (Å²) >= 11 is 0. The summed E-state index contributed by atoms with van der Waals surface area (Å²) < 4.78 is 2.24. The predicted octanol–water partition coefficient (Wildman–Crippen LogP) is 2.51. The number of fused-ring (bicyclic) bond motifs is 1. The van der Waals surface area contributed by atoms with E-state index in [0.29, 0.717) is 0 Å². The molecule has 0 bridgehead atoms. The van der Waals surface area contributed by atoms with E-state index in [9.17, 15) is 0 Å². The van der Waals surface area contributed by atoms with Crippen LogP contribution in [0.1, 0.15) is 25.1 Å². The fourth-order valence-corrected chi connectivity index (χ4v) is 2.92. The molecule has 1 aromatic heterocycles. The number of nitrogens with zero attached hydrogens (tertiary/aromatic N) is 2. The summed E-state index contributed by atoms with van der Waals surface area (Å²) in [7, 11) is 2.13. The second-order valence-electron chi connectivity index (χ2n) is 5.33. The van der Waals surface area contributed by atoms with Crippen molar-refractivity contribution in [1.82, 2.24) is 14.9 Å². The average molecular weight is 243 g/mol. The third kappa shape index (κ3) is 2.27. The monoisotopic (exact) mass is 243 g/mol. The third-order valence-corrected chi connectivity index (χ3v) is 4.05. The Bertz CT molecular complexity index is 524. The Kier molecular flexibility index (Phi) is 3.33. The van der Waals surface area contributed by atoms with Gasteiger partial charge in [0.15, 0.2) is 0 Å². The Morgan fingerprint density at radius 1 is 1.39 bits per heavy atom. The van der Waals surface area contributed by atoms with Gasteiger partial charge in [-0.2, -0.15) is 0 Å². The van der Waals surface area contributed by atoms with Crippen molar-refractivity contribution < 1.29 is 0 Å². The van der Waals surface area contributed by atoms with Crippen molar-refractivity contribution >= 4 is 11.0 Å². The van der Waals surface area contributed by atoms with Crippen LogP contribution in [0.25, 0.3) is 11.0 Å². The molecule has 1 aromatic carbocycles. The van der Waals surface area contributed by atoms with Crippen LogP contribution in [0.15, 0.2) is 24.3 Å². The Morgan fingerprint density at radius 2 is 2.28 bits per heavy atom. The Balaban J connectivity index is 1.72. The summed E-state index contributed by atoms with van der Waals surface area (Å²) in [5, 5.41) is 3.49. The maximum absolute atomic E-state index is 4.74. The first-order chi connectivity index (χ1) is 8.84. The van der Waals surface area contributed by atoms with Crippen molar-refractivity contribution in [3.05, 3.63) is 30.1 Å². The summed E-state index contributed by atoms with van der Waals surface area (Å²) in [6, 6.07) is 8.39. The summed E-state index contributed by atoms with van der Waals surface area (Å²) in [4.78, 5) is 4.74. The molecule has 18 heavy (non-hydrogen) atoms. The first-order valence-corrected chi connectivity index (χ1v) is 6.95. The molecule has 96 valence electrons. The van der Waals surface area contributed by atoms with Gasteiger partial charge in [-0.1, -0.05) is 12.1 Å². The SMILES string of the molecule is Cn1c(CCC2CCCNC2)nc2ccccc21. The van der Waals surface area contributed by atoms with E-state index in [1.54, 1.807) is 0 Å². The number of hydrogen-bond donors (Lipinski definition) is 1. The molecule has 0 aliphatic carbocycles. The zero-order chi connectivity index (χ0) is 12.4. The molecule has 0 spiro atoms. The standard InChI is InChI=1S/C15H21N3/c1-18-14-7-3-2-6-13(14)17-15(18)9-8-12-5-4-10-16-11-12/h2-3,6-7,12,16H,4-5,8-11H2,1H3. The minimum absolute atomic E-state index is 0.832. The molecular formula is C15H21N3. The first-order valence-electron chi connectivity index (χ1n) is 6.95. The van der Waals surface area contributed by atoms with Crippen molar-refractivity contribution in [2.45, 2.75) is 25.7 Å². The normalized spacial score (nSPS) is 20.4. The fraction of sp³-hybridized carbons (Fsp3) is 0.533. The van der Waals surface area contributed by atoms with Crippen molar-refractivity contribution in [3.63, 3.8) is 0 Å². The molecule has 0 saturated carbocycles. The van der Waals surface area contributed by atoms with E-state index in [1.165, 1.54) is 43.7 Å². The third-order valence-electron chi connectivity index (χ3n) is 4.05. The van der Waals surface area contributed by atoms with Gasteiger partial charge in [0.2, 0.25) is 0 Å². The van der Waals surface area contributed by atoms with Crippen LogP contribution in [0.3, 0.4) is 0 Å². The van der Waals surface area contributed by atoms with E-state index < -0.39 is 0 Å². The molecule has 1 fully saturated rings. The minimum atomic E-state index is 0.832. The van der Waals surface area contributed by atoms with Gasteiger partial charge in [0.25, 0.3) is 0 Å². The van der Waals surface area contributed by atoms with Crippen LogP contribution >= 0.6 is 0 Å². The summed E-state index contributed by atoms with van der Waals surface area (Å²) in [5.74, 6) is 2.06. The summed E-state index contributed by atoms with van der Waals surface area (Å²) in [5.41, 5.74) is 2.37. The topological polar surface area (TPSA) is 29.9 Å². The smallest absolute Gasteiger partial charge is 0.109 e. The molecule has 1 aliphatic heterocycles. The highest BCUT2D eigenvalue weighted by atomic mass is 15.1. The quantitative estimate of drug-likeness (QED) is 0.897. The molecule has 3 heteroatoms. The van der Waals surface area contributed by atoms with Crippen molar-refractivity contribution in [1.29, 1.82) is 0 Å². The van der Waals surface area contributed by atoms with E-state index in [4.69, 9.17) is 4.98 Å². The van der Waals surface area contributed by atoms with Gasteiger partial charge in [-0.3, -0.25) is 0 Å². The van der Waals surface area contributed by atoms with Gasteiger partial charge in [0, 0.05) is 13.5 Å². The second-order valence-corrected chi connectivity index (χ2v) is 5.33. The lowest BCUT2D eigenvalue weighted by Gasteiger charge is -2.22. The molecule has 1 atom stereocenters. The van der Waals surface area contributed by atoms with Crippen molar-refractivity contribution in [2.24, 2.45) is 13.0 Å². The number of para-hydroxylation sites is 2. The number of hydrogen-bond acceptors (Lipinski definition) is 2. The average Bonchev–Trinajstić information content (AvgIpc) is 2.75. The van der Waals surface area contributed by atoms with E-state index in [-0.39, 0.29) is 0 Å². The van der Waals surface area contributed by atoms with Gasteiger partial charge in [-0.05, 0) is 50.4 Å². The zero-order valence-corrected chi connectivity index (χ0v) is 11.0. The van der Waals surface area contributed by atoms with Gasteiger partial charge in [0.05, 0.1) is 11.0 Å². The summed E-state index contributed by atoms with van der Waals surface area (Å²) in [6.07, 6.45) is 5.05. The van der Waals surface area contributed by atoms with Gasteiger partial charge in [-0.25, -0.2) is 4.98 Å². The number of aromatic nitrogens is 2. The second kappa shape index (κ2) is 5.11. The lowest BCUT2D eigenvalue weighted by molar-refractivity contribution is 0.355. The van der Waals surface area contributed by atoms with E-state index in [2.05, 4.69) is 41.2 Å². The van der Waals surface area contributed by atoms with Gasteiger partial charge in [-0.15, -0.1) is 0 Å². The molecule has 2 heterocycles. The van der Waals surface area contributed by atoms with E-state index in [1.807, 2.05) is 0 Å². The number of aryl methyl sites for hydroxylation is 2. The number of imidazole rings is 1. The molecule has 3 rings (SSSR count).